The van der Waals surface area contributed by atoms with Gasteiger partial charge in [0.25, 0.3) is 0 Å². The van der Waals surface area contributed by atoms with Crippen molar-refractivity contribution in [3.05, 3.63) is 22.8 Å². The minimum Gasteiger partial charge on any atom is -0.456 e. The summed E-state index contributed by atoms with van der Waals surface area (Å²) in [4.78, 5) is 16.1. The van der Waals surface area contributed by atoms with Gasteiger partial charge in [0, 0.05) is 14.2 Å². The Balaban J connectivity index is 2.09. The normalized spacial score (nSPS) is 22.3. The van der Waals surface area contributed by atoms with Crippen molar-refractivity contribution in [2.75, 3.05) is 19.5 Å². The largest absolute Gasteiger partial charge is 0.456 e. The van der Waals surface area contributed by atoms with Gasteiger partial charge in [-0.3, -0.25) is 0 Å². The lowest BCUT2D eigenvalue weighted by Gasteiger charge is -2.18. The van der Waals surface area contributed by atoms with E-state index >= 15 is 0 Å². The fourth-order valence-corrected chi connectivity index (χ4v) is 2.45. The molecule has 0 amide bonds. The molecule has 1 aromatic heterocycles. The van der Waals surface area contributed by atoms with Gasteiger partial charge in [-0.2, -0.15) is 0 Å². The molecule has 1 aromatic rings. The molecule has 104 valence electrons. The number of pyridine rings is 1. The van der Waals surface area contributed by atoms with Crippen molar-refractivity contribution in [1.29, 1.82) is 0 Å². The van der Waals surface area contributed by atoms with Crippen LogP contribution in [0.25, 0.3) is 0 Å². The van der Waals surface area contributed by atoms with Crippen molar-refractivity contribution in [1.82, 2.24) is 4.98 Å². The van der Waals surface area contributed by atoms with Crippen LogP contribution in [-0.4, -0.2) is 37.3 Å². The average molecular weight is 285 g/mol. The van der Waals surface area contributed by atoms with Gasteiger partial charge in [-0.15, -0.1) is 0 Å². The number of esters is 1. The number of halogens is 1. The second kappa shape index (κ2) is 6.21. The third-order valence-electron chi connectivity index (χ3n) is 3.24. The van der Waals surface area contributed by atoms with E-state index in [1.54, 1.807) is 20.2 Å². The Labute approximate surface area is 117 Å². The van der Waals surface area contributed by atoms with Gasteiger partial charge in [-0.1, -0.05) is 11.6 Å². The molecule has 0 radical (unpaired) electrons. The first-order chi connectivity index (χ1) is 9.13. The van der Waals surface area contributed by atoms with E-state index in [1.165, 1.54) is 6.07 Å². The molecule has 6 heteroatoms. The molecule has 5 nitrogen and oxygen atoms in total. The van der Waals surface area contributed by atoms with Crippen LogP contribution in [0.2, 0.25) is 5.15 Å². The van der Waals surface area contributed by atoms with Crippen LogP contribution in [0, 0.1) is 0 Å². The van der Waals surface area contributed by atoms with E-state index in [1.807, 2.05) is 0 Å². The third-order valence-corrected chi connectivity index (χ3v) is 3.43. The molecule has 0 bridgehead atoms. The van der Waals surface area contributed by atoms with Crippen molar-refractivity contribution in [3.63, 3.8) is 0 Å². The van der Waals surface area contributed by atoms with Gasteiger partial charge in [0.2, 0.25) is 0 Å². The maximum atomic E-state index is 12.1. The van der Waals surface area contributed by atoms with E-state index in [0.29, 0.717) is 11.4 Å². The van der Waals surface area contributed by atoms with Crippen molar-refractivity contribution >= 4 is 23.4 Å². The highest BCUT2D eigenvalue weighted by atomic mass is 35.5. The number of nitrogens with zero attached hydrogens (tertiary/aromatic N) is 1. The Bertz CT molecular complexity index is 467. The maximum Gasteiger partial charge on any atom is 0.338 e. The van der Waals surface area contributed by atoms with Crippen LogP contribution in [0.4, 0.5) is 5.82 Å². The molecule has 1 heterocycles. The summed E-state index contributed by atoms with van der Waals surface area (Å²) in [7, 11) is 3.35. The van der Waals surface area contributed by atoms with E-state index < -0.39 is 5.97 Å². The van der Waals surface area contributed by atoms with Crippen molar-refractivity contribution in [2.24, 2.45) is 0 Å². The molecule has 0 unspecified atom stereocenters. The highest BCUT2D eigenvalue weighted by Crippen LogP contribution is 2.26. The first-order valence-electron chi connectivity index (χ1n) is 6.23. The van der Waals surface area contributed by atoms with Crippen LogP contribution in [0.5, 0.6) is 0 Å². The number of hydrogen-bond donors (Lipinski definition) is 1. The fraction of sp³-hybridized carbons (Fsp3) is 0.538. The van der Waals surface area contributed by atoms with Gasteiger partial charge >= 0.3 is 5.97 Å². The zero-order valence-electron chi connectivity index (χ0n) is 11.0. The second-order valence-corrected chi connectivity index (χ2v) is 4.85. The van der Waals surface area contributed by atoms with Gasteiger partial charge < -0.3 is 14.8 Å². The number of methoxy groups -OCH3 is 1. The summed E-state index contributed by atoms with van der Waals surface area (Å²) < 4.78 is 10.8. The summed E-state index contributed by atoms with van der Waals surface area (Å²) in [6.45, 7) is 0. The number of rotatable bonds is 4. The Morgan fingerprint density at radius 1 is 1.42 bits per heavy atom. The Hall–Kier alpha value is -1.33. The number of aromatic nitrogens is 1. The first kappa shape index (κ1) is 14.1. The number of nitrogens with one attached hydrogen (secondary N) is 1. The van der Waals surface area contributed by atoms with Crippen LogP contribution in [0.1, 0.15) is 29.6 Å². The molecule has 1 aliphatic rings. The predicted molar refractivity (Wildman–Crippen MR) is 72.6 cm³/mol. The predicted octanol–water partition coefficient (Wildman–Crippen LogP) is 2.50. The molecule has 2 rings (SSSR count). The minimum atomic E-state index is -0.394. The van der Waals surface area contributed by atoms with Gasteiger partial charge in [0.1, 0.15) is 17.1 Å². The summed E-state index contributed by atoms with van der Waals surface area (Å²) in [6.07, 6.45) is 2.58. The minimum absolute atomic E-state index is 0.00923. The summed E-state index contributed by atoms with van der Waals surface area (Å²) in [6, 6.07) is 3.12. The molecule has 1 aliphatic carbocycles. The molecule has 1 fully saturated rings. The number of carbonyl (C=O) groups excluding carboxylic acids is 1. The Morgan fingerprint density at radius 2 is 2.16 bits per heavy atom. The van der Waals surface area contributed by atoms with Gasteiger partial charge in [0.15, 0.2) is 0 Å². The van der Waals surface area contributed by atoms with Crippen LogP contribution in [0.3, 0.4) is 0 Å². The van der Waals surface area contributed by atoms with Crippen LogP contribution in [0.15, 0.2) is 12.1 Å². The maximum absolute atomic E-state index is 12.1. The summed E-state index contributed by atoms with van der Waals surface area (Å²) in [5, 5.41) is 3.11. The van der Waals surface area contributed by atoms with E-state index in [9.17, 15) is 4.79 Å². The van der Waals surface area contributed by atoms with Crippen molar-refractivity contribution < 1.29 is 14.3 Å². The van der Waals surface area contributed by atoms with Crippen LogP contribution in [-0.2, 0) is 9.47 Å². The quantitative estimate of drug-likeness (QED) is 0.680. The van der Waals surface area contributed by atoms with Gasteiger partial charge in [-0.05, 0) is 31.4 Å². The lowest BCUT2D eigenvalue weighted by molar-refractivity contribution is -0.0206. The molecular formula is C13H17ClN2O3. The fourth-order valence-electron chi connectivity index (χ4n) is 2.24. The number of hydrogen-bond acceptors (Lipinski definition) is 5. The molecule has 1 N–H and O–H groups in total. The topological polar surface area (TPSA) is 60.5 Å². The zero-order valence-corrected chi connectivity index (χ0v) is 11.7. The van der Waals surface area contributed by atoms with E-state index in [-0.39, 0.29) is 17.4 Å². The van der Waals surface area contributed by atoms with Crippen molar-refractivity contribution in [3.8, 4) is 0 Å². The average Bonchev–Trinajstić information content (AvgIpc) is 2.85. The van der Waals surface area contributed by atoms with E-state index in [4.69, 9.17) is 21.1 Å². The first-order valence-corrected chi connectivity index (χ1v) is 6.61. The molecule has 19 heavy (non-hydrogen) atoms. The van der Waals surface area contributed by atoms with Crippen LogP contribution >= 0.6 is 11.6 Å². The van der Waals surface area contributed by atoms with E-state index in [0.717, 1.165) is 19.3 Å². The SMILES string of the molecule is CNc1cc(C(=O)O[C@@H]2CCC[C@@H]2OC)cc(Cl)n1. The van der Waals surface area contributed by atoms with Crippen LogP contribution < -0.4 is 5.32 Å². The molecule has 2 atom stereocenters. The lowest BCUT2D eigenvalue weighted by atomic mass is 10.2. The lowest BCUT2D eigenvalue weighted by Crippen LogP contribution is -2.27. The highest BCUT2D eigenvalue weighted by molar-refractivity contribution is 6.29. The standard InChI is InChI=1S/C13H17ClN2O3/c1-15-12-7-8(6-11(14)16-12)13(17)19-10-5-3-4-9(10)18-2/h6-7,9-10H,3-5H2,1-2H3,(H,15,16)/t9-,10+/m0/s1. The summed E-state index contributed by atoms with van der Waals surface area (Å²) in [5.74, 6) is 0.143. The summed E-state index contributed by atoms with van der Waals surface area (Å²) in [5.41, 5.74) is 0.395. The molecule has 0 saturated heterocycles. The molecule has 0 spiro atoms. The molecule has 0 aromatic carbocycles. The molecule has 1 saturated carbocycles. The number of ether oxygens (including phenoxy) is 2. The Morgan fingerprint density at radius 3 is 2.84 bits per heavy atom. The summed E-state index contributed by atoms with van der Waals surface area (Å²) >= 11 is 5.86. The number of anilines is 1. The third kappa shape index (κ3) is 3.36. The molecular weight excluding hydrogens is 268 g/mol. The second-order valence-electron chi connectivity index (χ2n) is 4.46. The smallest absolute Gasteiger partial charge is 0.338 e. The highest BCUT2D eigenvalue weighted by Gasteiger charge is 2.30. The van der Waals surface area contributed by atoms with Gasteiger partial charge in [-0.25, -0.2) is 9.78 Å². The monoisotopic (exact) mass is 284 g/mol. The zero-order chi connectivity index (χ0) is 13.8. The van der Waals surface area contributed by atoms with Gasteiger partial charge in [0.05, 0.1) is 11.7 Å². The van der Waals surface area contributed by atoms with E-state index in [2.05, 4.69) is 10.3 Å². The Kier molecular flexibility index (Phi) is 4.61. The van der Waals surface area contributed by atoms with Crippen molar-refractivity contribution in [2.45, 2.75) is 31.5 Å². The number of carbonyl (C=O) groups is 1. The molecule has 0 aliphatic heterocycles.